The molecule has 0 aliphatic heterocycles. The third kappa shape index (κ3) is 2280. The summed E-state index contributed by atoms with van der Waals surface area (Å²) >= 11 is -12.2. The van der Waals surface area contributed by atoms with Crippen molar-refractivity contribution in [2.24, 2.45) is 0 Å². The molecule has 0 aliphatic carbocycles. The van der Waals surface area contributed by atoms with Crippen LogP contribution < -0.4 is 24.8 Å². The van der Waals surface area contributed by atoms with Crippen LogP contribution in [0.3, 0.4) is 0 Å². The van der Waals surface area contributed by atoms with Gasteiger partial charge in [-0.25, -0.2) is 0 Å². The van der Waals surface area contributed by atoms with Crippen molar-refractivity contribution < 1.29 is 70.9 Å². The maximum atomic E-state index is 8.58. The minimum absolute atomic E-state index is 0. The zero-order chi connectivity index (χ0) is 10.7. The molecule has 14 heavy (non-hydrogen) atoms. The van der Waals surface area contributed by atoms with Crippen LogP contribution in [0.1, 0.15) is 0 Å². The van der Waals surface area contributed by atoms with Gasteiger partial charge in [0.1, 0.15) is 0 Å². The fourth-order valence-corrected chi connectivity index (χ4v) is 0. The normalized spacial score (nSPS) is 5.14. The van der Waals surface area contributed by atoms with Crippen LogP contribution in [0.2, 0.25) is 0 Å². The summed E-state index contributed by atoms with van der Waals surface area (Å²) in [5.74, 6) is 0. The summed E-state index contributed by atoms with van der Waals surface area (Å²) in [5, 5.41) is 0. The third-order valence-electron chi connectivity index (χ3n) is 0. The van der Waals surface area contributed by atoms with Gasteiger partial charge in [0.05, 0.1) is 0 Å². The number of hydrogen-bond donors (Lipinski definition) is 0. The molecule has 0 amide bonds. The van der Waals surface area contributed by atoms with E-state index in [1.165, 1.54) is 0 Å². The number of rotatable bonds is 0. The van der Waals surface area contributed by atoms with E-state index in [1.54, 1.807) is 0 Å². The van der Waals surface area contributed by atoms with Crippen molar-refractivity contribution in [1.29, 1.82) is 0 Å². The van der Waals surface area contributed by atoms with Crippen molar-refractivity contribution in [3.8, 4) is 0 Å². The Hall–Kier alpha value is 0.894. The first-order chi connectivity index (χ1) is 5.20. The Morgan fingerprint density at radius 1 is 0.500 bits per heavy atom. The van der Waals surface area contributed by atoms with Gasteiger partial charge < -0.3 is 0 Å². The van der Waals surface area contributed by atoms with E-state index in [1.807, 2.05) is 0 Å². The molecule has 14 heteroatoms. The van der Waals surface area contributed by atoms with E-state index in [9.17, 15) is 0 Å². The molecule has 0 unspecified atom stereocenters. The van der Waals surface area contributed by atoms with Crippen molar-refractivity contribution in [3.63, 3.8) is 0 Å². The van der Waals surface area contributed by atoms with Gasteiger partial charge >= 0.3 is 116 Å². The average molecular weight is 466 g/mol. The second-order valence-electron chi connectivity index (χ2n) is 0.750. The summed E-state index contributed by atoms with van der Waals surface area (Å²) < 4.78 is 77.2. The molecule has 0 rings (SSSR count). The van der Waals surface area contributed by atoms with Crippen LogP contribution in [0.4, 0.5) is 0 Å². The summed E-state index contributed by atoms with van der Waals surface area (Å²) in [5.41, 5.74) is 0. The molecule has 9 nitrogen and oxygen atoms in total. The summed E-state index contributed by atoms with van der Waals surface area (Å²) in [4.78, 5) is 0. The zero-order valence-electron chi connectivity index (χ0n) is 5.99. The van der Waals surface area contributed by atoms with Gasteiger partial charge in [0.2, 0.25) is 0 Å². The Morgan fingerprint density at radius 2 is 0.500 bits per heavy atom. The molecule has 0 N–H and O–H groups in total. The molecule has 0 aromatic carbocycles. The molecule has 0 fully saturated rings. The Labute approximate surface area is 115 Å². The Kier molecular flexibility index (Phi) is 49.5. The SMILES string of the molecule is [Cr+3].[Cr+3].[O]=[Ge]([O-])[O-].[O]=[Ge]([O-])[O-].[O]=[Ge]([O-])[O-]. The quantitative estimate of drug-likeness (QED) is 0.312. The standard InChI is InChI=1S/2Cr.3GeO3/c;;3*2-1(3)4/q2*+3;3*-2. The molecule has 0 bridgehead atoms. The fourth-order valence-electron chi connectivity index (χ4n) is 0. The Bertz CT molecular complexity index is 116. The van der Waals surface area contributed by atoms with Crippen LogP contribution in [-0.2, 0) is 46.1 Å². The second kappa shape index (κ2) is 23.6. The molecule has 0 spiro atoms. The summed E-state index contributed by atoms with van der Waals surface area (Å²) in [7, 11) is 0. The van der Waals surface area contributed by atoms with E-state index >= 15 is 0 Å². The Balaban J connectivity index is -0.0000000270. The predicted molar refractivity (Wildman–Crippen MR) is 19.3 cm³/mol. The summed E-state index contributed by atoms with van der Waals surface area (Å²) in [6.45, 7) is 0. The van der Waals surface area contributed by atoms with Crippen LogP contribution >= 0.6 is 0 Å². The molecule has 0 aromatic rings. The van der Waals surface area contributed by atoms with Crippen LogP contribution in [0, 0.1) is 0 Å². The van der Waals surface area contributed by atoms with E-state index in [2.05, 4.69) is 0 Å². The van der Waals surface area contributed by atoms with Crippen molar-refractivity contribution >= 4 is 44.9 Å². The van der Waals surface area contributed by atoms with Gasteiger partial charge in [-0.3, -0.25) is 0 Å². The fraction of sp³-hybridized carbons (Fsp3) is 0. The van der Waals surface area contributed by atoms with Crippen LogP contribution in [-0.4, -0.2) is 44.9 Å². The van der Waals surface area contributed by atoms with E-state index < -0.39 is 44.9 Å². The van der Waals surface area contributed by atoms with Gasteiger partial charge in [0.25, 0.3) is 0 Å². The van der Waals surface area contributed by atoms with E-state index in [0.717, 1.165) is 0 Å². The first kappa shape index (κ1) is 29.4. The molecule has 0 saturated carbocycles. The first-order valence-electron chi connectivity index (χ1n) is 1.84. The van der Waals surface area contributed by atoms with Gasteiger partial charge in [-0.15, -0.1) is 0 Å². The first-order valence-corrected chi connectivity index (χ1v) is 9.55. The van der Waals surface area contributed by atoms with Crippen LogP contribution in [0.25, 0.3) is 0 Å². The topological polar surface area (TPSA) is 190 Å². The van der Waals surface area contributed by atoms with Gasteiger partial charge in [0, 0.05) is 0 Å². The molecular formula is Cr2Ge3O9. The Morgan fingerprint density at radius 3 is 0.500 bits per heavy atom. The monoisotopic (exact) mass is 470 g/mol. The van der Waals surface area contributed by atoms with E-state index in [0.29, 0.717) is 0 Å². The molecule has 0 aromatic heterocycles. The van der Waals surface area contributed by atoms with E-state index in [-0.39, 0.29) is 34.7 Å². The van der Waals surface area contributed by atoms with Crippen molar-refractivity contribution in [3.05, 3.63) is 0 Å². The average Bonchev–Trinajstić information content (AvgIpc) is 1.54. The molecule has 0 heterocycles. The molecule has 0 atom stereocenters. The molecule has 78 valence electrons. The van der Waals surface area contributed by atoms with Gasteiger partial charge in [0.15, 0.2) is 0 Å². The summed E-state index contributed by atoms with van der Waals surface area (Å²) in [6.07, 6.45) is 0. The van der Waals surface area contributed by atoms with Crippen LogP contribution in [0.15, 0.2) is 0 Å². The van der Waals surface area contributed by atoms with Crippen molar-refractivity contribution in [1.82, 2.24) is 0 Å². The third-order valence-corrected chi connectivity index (χ3v) is 0. The zero-order valence-corrected chi connectivity index (χ0v) is 14.8. The van der Waals surface area contributed by atoms with Crippen molar-refractivity contribution in [2.45, 2.75) is 0 Å². The van der Waals surface area contributed by atoms with Crippen molar-refractivity contribution in [2.75, 3.05) is 0 Å². The van der Waals surface area contributed by atoms with Gasteiger partial charge in [-0.1, -0.05) is 0 Å². The van der Waals surface area contributed by atoms with Gasteiger partial charge in [-0.2, -0.15) is 0 Å². The molecule has 2 radical (unpaired) electrons. The molecular weight excluding hydrogens is 466 g/mol. The van der Waals surface area contributed by atoms with Crippen LogP contribution in [0.5, 0.6) is 0 Å². The van der Waals surface area contributed by atoms with Gasteiger partial charge in [-0.05, 0) is 0 Å². The summed E-state index contributed by atoms with van der Waals surface area (Å²) in [6, 6.07) is 0. The second-order valence-corrected chi connectivity index (χ2v) is 3.90. The number of hydrogen-bond acceptors (Lipinski definition) is 9. The molecule has 0 aliphatic rings. The van der Waals surface area contributed by atoms with E-state index in [4.69, 9.17) is 36.1 Å². The maximum absolute atomic E-state index is 8.58. The predicted octanol–water partition coefficient (Wildman–Crippen LogP) is -8.64. The minimum atomic E-state index is -4.08. The molecule has 0 saturated heterocycles.